The summed E-state index contributed by atoms with van der Waals surface area (Å²) in [5, 5.41) is 31.6. The zero-order valence-corrected chi connectivity index (χ0v) is 13.9. The molecular weight excluding hydrogens is 359 g/mol. The third kappa shape index (κ3) is 3.29. The highest BCUT2D eigenvalue weighted by Gasteiger charge is 2.64. The van der Waals surface area contributed by atoms with Crippen LogP contribution in [0.2, 0.25) is 0 Å². The highest BCUT2D eigenvalue weighted by molar-refractivity contribution is 6.05. The molecule has 3 rings (SSSR count). The van der Waals surface area contributed by atoms with Crippen molar-refractivity contribution in [1.29, 1.82) is 0 Å². The number of aliphatic hydroxyl groups is 3. The van der Waals surface area contributed by atoms with E-state index in [2.05, 4.69) is 4.94 Å². The quantitative estimate of drug-likeness (QED) is 0.640. The molecule has 3 N–H and O–H groups in total. The van der Waals surface area contributed by atoms with Crippen LogP contribution >= 0.6 is 0 Å². The van der Waals surface area contributed by atoms with E-state index in [4.69, 9.17) is 4.74 Å². The van der Waals surface area contributed by atoms with Crippen molar-refractivity contribution < 1.29 is 39.1 Å². The summed E-state index contributed by atoms with van der Waals surface area (Å²) >= 11 is 0. The van der Waals surface area contributed by atoms with Crippen LogP contribution in [-0.4, -0.2) is 57.1 Å². The number of hydrogen-bond donors (Lipinski definition) is 3. The van der Waals surface area contributed by atoms with Crippen molar-refractivity contribution in [3.8, 4) is 0 Å². The number of carbonyl (C=O) groups is 2. The fraction of sp³-hybridized carbons (Fsp3) is 0.263. The third-order valence-corrected chi connectivity index (χ3v) is 4.52. The maximum atomic E-state index is 12.8. The molecule has 2 unspecified atom stereocenters. The van der Waals surface area contributed by atoms with E-state index in [-0.39, 0.29) is 11.1 Å². The second kappa shape index (κ2) is 7.63. The van der Waals surface area contributed by atoms with Crippen LogP contribution in [0.15, 0.2) is 60.7 Å². The molecule has 142 valence electrons. The minimum absolute atomic E-state index is 0.0217. The van der Waals surface area contributed by atoms with E-state index in [1.807, 2.05) is 0 Å². The topological polar surface area (TPSA) is 113 Å². The van der Waals surface area contributed by atoms with Gasteiger partial charge < -0.3 is 20.1 Å². The SMILES string of the molecule is O=C(c1ccccc1)C(O)[C@@H]1OC(OF)[C@@H](O)[C@]1(O)C(=O)c1ccccc1. The molecule has 0 bridgehead atoms. The first kappa shape index (κ1) is 19.3. The summed E-state index contributed by atoms with van der Waals surface area (Å²) in [6.07, 6.45) is -8.22. The smallest absolute Gasteiger partial charge is 0.226 e. The van der Waals surface area contributed by atoms with Crippen molar-refractivity contribution in [3.05, 3.63) is 71.8 Å². The van der Waals surface area contributed by atoms with Gasteiger partial charge in [0.1, 0.15) is 18.3 Å². The van der Waals surface area contributed by atoms with Crippen molar-refractivity contribution in [1.82, 2.24) is 0 Å². The molecule has 0 spiro atoms. The second-order valence-corrected chi connectivity index (χ2v) is 6.15. The van der Waals surface area contributed by atoms with E-state index in [0.717, 1.165) is 0 Å². The van der Waals surface area contributed by atoms with E-state index < -0.39 is 41.8 Å². The maximum absolute atomic E-state index is 12.8. The molecule has 1 aliphatic heterocycles. The molecule has 7 nitrogen and oxygen atoms in total. The van der Waals surface area contributed by atoms with Crippen LogP contribution in [0.3, 0.4) is 0 Å². The number of halogens is 1. The summed E-state index contributed by atoms with van der Waals surface area (Å²) in [7, 11) is 0. The Morgan fingerprint density at radius 2 is 1.56 bits per heavy atom. The molecular formula is C19H17FO7. The first-order chi connectivity index (χ1) is 12.9. The average molecular weight is 376 g/mol. The van der Waals surface area contributed by atoms with Gasteiger partial charge in [-0.15, -0.1) is 0 Å². The van der Waals surface area contributed by atoms with E-state index in [9.17, 15) is 29.4 Å². The van der Waals surface area contributed by atoms with Crippen LogP contribution in [0.5, 0.6) is 0 Å². The predicted molar refractivity (Wildman–Crippen MR) is 89.4 cm³/mol. The Morgan fingerprint density at radius 3 is 2.07 bits per heavy atom. The number of ether oxygens (including phenoxy) is 1. The van der Waals surface area contributed by atoms with Crippen LogP contribution in [0.25, 0.3) is 0 Å². The van der Waals surface area contributed by atoms with Crippen molar-refractivity contribution in [3.63, 3.8) is 0 Å². The summed E-state index contributed by atoms with van der Waals surface area (Å²) < 4.78 is 17.7. The summed E-state index contributed by atoms with van der Waals surface area (Å²) in [5.41, 5.74) is -2.74. The Morgan fingerprint density at radius 1 is 1.04 bits per heavy atom. The van der Waals surface area contributed by atoms with E-state index in [1.165, 1.54) is 36.4 Å². The molecule has 2 aromatic rings. The van der Waals surface area contributed by atoms with Crippen LogP contribution in [-0.2, 0) is 9.68 Å². The standard InChI is InChI=1S/C19H17FO7/c20-27-18-16(24)19(25,15(23)12-9-5-2-6-10-12)17(26-18)14(22)13(21)11-7-3-1-4-8-11/h1-10,14,16-18,22,24-25H/t14?,16-,17+,18?,19-/m1/s1. The molecule has 2 aromatic carbocycles. The molecule has 1 aliphatic rings. The maximum Gasteiger partial charge on any atom is 0.226 e. The molecule has 1 fully saturated rings. The van der Waals surface area contributed by atoms with Crippen LogP contribution in [0, 0.1) is 0 Å². The number of rotatable bonds is 6. The normalized spacial score (nSPS) is 28.7. The van der Waals surface area contributed by atoms with E-state index in [1.54, 1.807) is 24.3 Å². The van der Waals surface area contributed by atoms with Gasteiger partial charge in [0.15, 0.2) is 17.2 Å². The molecule has 5 atom stereocenters. The van der Waals surface area contributed by atoms with Crippen LogP contribution < -0.4 is 0 Å². The van der Waals surface area contributed by atoms with Gasteiger partial charge in [-0.25, -0.2) is 0 Å². The Kier molecular flexibility index (Phi) is 5.45. The van der Waals surface area contributed by atoms with E-state index >= 15 is 0 Å². The second-order valence-electron chi connectivity index (χ2n) is 6.15. The molecule has 27 heavy (non-hydrogen) atoms. The summed E-state index contributed by atoms with van der Waals surface area (Å²) in [5.74, 6) is -1.91. The van der Waals surface area contributed by atoms with Gasteiger partial charge in [-0.3, -0.25) is 9.59 Å². The Bertz CT molecular complexity index is 813. The number of Topliss-reactive ketones (excluding diaryl/α,β-unsaturated/α-hetero) is 2. The highest BCUT2D eigenvalue weighted by Crippen LogP contribution is 2.37. The van der Waals surface area contributed by atoms with Gasteiger partial charge in [0.05, 0.1) is 0 Å². The van der Waals surface area contributed by atoms with Crippen molar-refractivity contribution in [2.24, 2.45) is 0 Å². The number of ketones is 2. The van der Waals surface area contributed by atoms with Gasteiger partial charge in [0.25, 0.3) is 0 Å². The number of hydrogen-bond acceptors (Lipinski definition) is 7. The number of carbonyl (C=O) groups excluding carboxylic acids is 2. The fourth-order valence-electron chi connectivity index (χ4n) is 3.08. The van der Waals surface area contributed by atoms with Gasteiger partial charge >= 0.3 is 0 Å². The van der Waals surface area contributed by atoms with Crippen molar-refractivity contribution >= 4 is 11.6 Å². The minimum atomic E-state index is -2.80. The lowest BCUT2D eigenvalue weighted by Gasteiger charge is -2.31. The summed E-state index contributed by atoms with van der Waals surface area (Å²) in [6.45, 7) is 0. The molecule has 1 heterocycles. The lowest BCUT2D eigenvalue weighted by molar-refractivity contribution is -0.289. The van der Waals surface area contributed by atoms with Crippen molar-refractivity contribution in [2.45, 2.75) is 30.2 Å². The highest BCUT2D eigenvalue weighted by atomic mass is 19.3. The van der Waals surface area contributed by atoms with Crippen molar-refractivity contribution in [2.75, 3.05) is 0 Å². The predicted octanol–water partition coefficient (Wildman–Crippen LogP) is 0.831. The lowest BCUT2D eigenvalue weighted by atomic mass is 9.81. The zero-order valence-electron chi connectivity index (χ0n) is 13.9. The molecule has 1 saturated heterocycles. The first-order valence-electron chi connectivity index (χ1n) is 8.11. The molecule has 0 aromatic heterocycles. The number of benzene rings is 2. The van der Waals surface area contributed by atoms with Crippen LogP contribution in [0.1, 0.15) is 20.7 Å². The van der Waals surface area contributed by atoms with Crippen LogP contribution in [0.4, 0.5) is 4.53 Å². The van der Waals surface area contributed by atoms with Gasteiger partial charge in [-0.2, -0.15) is 4.94 Å². The Balaban J connectivity index is 1.98. The van der Waals surface area contributed by atoms with Gasteiger partial charge in [-0.05, 0) is 4.53 Å². The monoisotopic (exact) mass is 376 g/mol. The average Bonchev–Trinajstić information content (AvgIpc) is 2.99. The lowest BCUT2D eigenvalue weighted by Crippen LogP contribution is -2.59. The molecule has 0 aliphatic carbocycles. The number of aliphatic hydroxyl groups excluding tert-OH is 2. The third-order valence-electron chi connectivity index (χ3n) is 4.52. The van der Waals surface area contributed by atoms with E-state index in [0.29, 0.717) is 0 Å². The molecule has 0 amide bonds. The fourth-order valence-corrected chi connectivity index (χ4v) is 3.08. The summed E-state index contributed by atoms with van der Waals surface area (Å²) in [6, 6.07) is 15.0. The summed E-state index contributed by atoms with van der Waals surface area (Å²) in [4.78, 5) is 28.8. The molecule has 0 radical (unpaired) electrons. The minimum Gasteiger partial charge on any atom is -0.384 e. The van der Waals surface area contributed by atoms with Gasteiger partial charge in [0, 0.05) is 11.1 Å². The Labute approximate surface area is 153 Å². The first-order valence-corrected chi connectivity index (χ1v) is 8.11. The molecule has 8 heteroatoms. The largest absolute Gasteiger partial charge is 0.384 e. The van der Waals surface area contributed by atoms with Gasteiger partial charge in [-0.1, -0.05) is 60.7 Å². The zero-order chi connectivity index (χ0) is 19.6. The molecule has 0 saturated carbocycles. The Hall–Kier alpha value is -2.49. The van der Waals surface area contributed by atoms with Gasteiger partial charge in [0.2, 0.25) is 6.29 Å².